The molecule has 0 aliphatic carbocycles. The van der Waals surface area contributed by atoms with Gasteiger partial charge in [-0.2, -0.15) is 0 Å². The zero-order valence-electron chi connectivity index (χ0n) is 14.7. The molecule has 0 aromatic carbocycles. The van der Waals surface area contributed by atoms with Gasteiger partial charge in [0.2, 0.25) is 0 Å². The summed E-state index contributed by atoms with van der Waals surface area (Å²) in [4.78, 5) is 2.45. The maximum absolute atomic E-state index is 5.40. The number of hydrogen-bond donors (Lipinski definition) is 6. The van der Waals surface area contributed by atoms with E-state index in [0.29, 0.717) is 6.54 Å². The molecule has 0 bridgehead atoms. The molecule has 7 N–H and O–H groups in total. The van der Waals surface area contributed by atoms with Gasteiger partial charge in [0.05, 0.1) is 0 Å². The van der Waals surface area contributed by atoms with Crippen LogP contribution in [0.1, 0.15) is 20.3 Å². The van der Waals surface area contributed by atoms with Crippen molar-refractivity contribution >= 4 is 0 Å². The van der Waals surface area contributed by atoms with Gasteiger partial charge in [0, 0.05) is 58.9 Å². The van der Waals surface area contributed by atoms with E-state index in [4.69, 9.17) is 5.73 Å². The Morgan fingerprint density at radius 3 is 1.73 bits per heavy atom. The van der Waals surface area contributed by atoms with Crippen molar-refractivity contribution in [1.29, 1.82) is 0 Å². The van der Waals surface area contributed by atoms with Gasteiger partial charge in [0.1, 0.15) is 0 Å². The van der Waals surface area contributed by atoms with Crippen LogP contribution in [-0.4, -0.2) is 83.4 Å². The molecule has 0 saturated carbocycles. The molecule has 7 nitrogen and oxygen atoms in total. The molecule has 0 amide bonds. The standard InChI is InChI=1S/C15H39N7/c1-3-22(4-2)15-5-7-20-21-14-13-19-12-11-18-10-9-17-8-6-16/h17-21H,3-16H2,1-2H3. The lowest BCUT2D eigenvalue weighted by Gasteiger charge is -2.17. The summed E-state index contributed by atoms with van der Waals surface area (Å²) in [6, 6.07) is 0. The molecule has 0 atom stereocenters. The Kier molecular flexibility index (Phi) is 18.5. The molecule has 0 rings (SSSR count). The van der Waals surface area contributed by atoms with Crippen molar-refractivity contribution in [3.63, 3.8) is 0 Å². The number of nitrogens with one attached hydrogen (secondary N) is 5. The van der Waals surface area contributed by atoms with E-state index >= 15 is 0 Å². The van der Waals surface area contributed by atoms with E-state index in [-0.39, 0.29) is 0 Å². The Hall–Kier alpha value is -0.280. The fourth-order valence-corrected chi connectivity index (χ4v) is 2.09. The number of nitrogens with two attached hydrogens (primary N) is 1. The van der Waals surface area contributed by atoms with Crippen molar-refractivity contribution in [2.75, 3.05) is 78.5 Å². The van der Waals surface area contributed by atoms with Gasteiger partial charge in [-0.15, -0.1) is 0 Å². The van der Waals surface area contributed by atoms with E-state index < -0.39 is 0 Å². The van der Waals surface area contributed by atoms with Crippen LogP contribution in [0.3, 0.4) is 0 Å². The largest absolute Gasteiger partial charge is 0.329 e. The van der Waals surface area contributed by atoms with Crippen molar-refractivity contribution in [3.05, 3.63) is 0 Å². The highest BCUT2D eigenvalue weighted by Crippen LogP contribution is 1.88. The lowest BCUT2D eigenvalue weighted by molar-refractivity contribution is 0.295. The predicted octanol–water partition coefficient (Wildman–Crippen LogP) is -1.46. The zero-order valence-corrected chi connectivity index (χ0v) is 14.7. The molecule has 0 fully saturated rings. The summed E-state index contributed by atoms with van der Waals surface area (Å²) >= 11 is 0. The first kappa shape index (κ1) is 21.7. The van der Waals surface area contributed by atoms with Gasteiger partial charge in [-0.25, -0.2) is 0 Å². The molecule has 0 heterocycles. The second-order valence-electron chi connectivity index (χ2n) is 5.27. The molecule has 0 aromatic rings. The van der Waals surface area contributed by atoms with Crippen LogP contribution in [0.5, 0.6) is 0 Å². The van der Waals surface area contributed by atoms with Crippen LogP contribution in [0, 0.1) is 0 Å². The monoisotopic (exact) mass is 317 g/mol. The van der Waals surface area contributed by atoms with Crippen molar-refractivity contribution < 1.29 is 0 Å². The third kappa shape index (κ3) is 16.1. The minimum atomic E-state index is 0.706. The molecule has 134 valence electrons. The van der Waals surface area contributed by atoms with Crippen LogP contribution in [0.4, 0.5) is 0 Å². The smallest absolute Gasteiger partial charge is 0.0225 e. The number of hydrazine groups is 1. The second kappa shape index (κ2) is 18.8. The Labute approximate surface area is 137 Å². The average molecular weight is 318 g/mol. The Bertz CT molecular complexity index is 200. The van der Waals surface area contributed by atoms with Crippen LogP contribution in [0.2, 0.25) is 0 Å². The molecule has 0 aromatic heterocycles. The Morgan fingerprint density at radius 2 is 1.18 bits per heavy atom. The molecule has 0 spiro atoms. The highest BCUT2D eigenvalue weighted by Gasteiger charge is 1.97. The minimum absolute atomic E-state index is 0.706. The molecular formula is C15H39N7. The second-order valence-corrected chi connectivity index (χ2v) is 5.27. The molecule has 22 heavy (non-hydrogen) atoms. The van der Waals surface area contributed by atoms with Crippen LogP contribution in [0.15, 0.2) is 0 Å². The van der Waals surface area contributed by atoms with Crippen LogP contribution >= 0.6 is 0 Å². The van der Waals surface area contributed by atoms with Gasteiger partial charge in [-0.3, -0.25) is 10.9 Å². The lowest BCUT2D eigenvalue weighted by Crippen LogP contribution is -2.40. The average Bonchev–Trinajstić information content (AvgIpc) is 2.55. The number of rotatable bonds is 18. The van der Waals surface area contributed by atoms with Crippen molar-refractivity contribution in [3.8, 4) is 0 Å². The highest BCUT2D eigenvalue weighted by atomic mass is 15.3. The van der Waals surface area contributed by atoms with E-state index in [9.17, 15) is 0 Å². The molecular weight excluding hydrogens is 278 g/mol. The Morgan fingerprint density at radius 1 is 0.682 bits per heavy atom. The fourth-order valence-electron chi connectivity index (χ4n) is 2.09. The van der Waals surface area contributed by atoms with Gasteiger partial charge >= 0.3 is 0 Å². The number of nitrogens with zero attached hydrogens (tertiary/aromatic N) is 1. The van der Waals surface area contributed by atoms with Gasteiger partial charge in [0.15, 0.2) is 0 Å². The van der Waals surface area contributed by atoms with Crippen LogP contribution in [0.25, 0.3) is 0 Å². The first-order chi connectivity index (χ1) is 10.8. The summed E-state index contributed by atoms with van der Waals surface area (Å²) < 4.78 is 0. The lowest BCUT2D eigenvalue weighted by atomic mass is 10.4. The normalized spacial score (nSPS) is 11.5. The van der Waals surface area contributed by atoms with E-state index in [0.717, 1.165) is 65.4 Å². The molecule has 0 radical (unpaired) electrons. The van der Waals surface area contributed by atoms with Crippen LogP contribution in [-0.2, 0) is 0 Å². The molecule has 0 unspecified atom stereocenters. The van der Waals surface area contributed by atoms with Crippen LogP contribution < -0.4 is 32.5 Å². The first-order valence-electron chi connectivity index (χ1n) is 8.85. The van der Waals surface area contributed by atoms with Crippen molar-refractivity contribution in [1.82, 2.24) is 31.7 Å². The van der Waals surface area contributed by atoms with Gasteiger partial charge in [0.25, 0.3) is 0 Å². The maximum Gasteiger partial charge on any atom is 0.0225 e. The van der Waals surface area contributed by atoms with E-state index in [1.165, 1.54) is 13.0 Å². The molecule has 7 heteroatoms. The van der Waals surface area contributed by atoms with E-state index in [2.05, 4.69) is 45.5 Å². The molecule has 0 saturated heterocycles. The van der Waals surface area contributed by atoms with Crippen molar-refractivity contribution in [2.45, 2.75) is 20.3 Å². The van der Waals surface area contributed by atoms with Gasteiger partial charge < -0.3 is 26.6 Å². The summed E-state index contributed by atoms with van der Waals surface area (Å²) in [5.41, 5.74) is 11.9. The highest BCUT2D eigenvalue weighted by molar-refractivity contribution is 4.57. The molecule has 0 aliphatic heterocycles. The fraction of sp³-hybridized carbons (Fsp3) is 1.00. The summed E-state index contributed by atoms with van der Waals surface area (Å²) in [5.74, 6) is 0. The zero-order chi connectivity index (χ0) is 16.3. The quantitative estimate of drug-likeness (QED) is 0.136. The van der Waals surface area contributed by atoms with Gasteiger partial charge in [-0.1, -0.05) is 13.8 Å². The summed E-state index contributed by atoms with van der Waals surface area (Å²) in [7, 11) is 0. The van der Waals surface area contributed by atoms with E-state index in [1.54, 1.807) is 0 Å². The predicted molar refractivity (Wildman–Crippen MR) is 96.1 cm³/mol. The molecule has 0 aliphatic rings. The van der Waals surface area contributed by atoms with E-state index in [1.807, 2.05) is 0 Å². The number of hydrogen-bond acceptors (Lipinski definition) is 7. The third-order valence-electron chi connectivity index (χ3n) is 3.50. The van der Waals surface area contributed by atoms with Gasteiger partial charge in [-0.05, 0) is 26.1 Å². The minimum Gasteiger partial charge on any atom is -0.329 e. The topological polar surface area (TPSA) is 89.4 Å². The SMILES string of the molecule is CCN(CC)CCCNNCCNCCNCCNCCN. The van der Waals surface area contributed by atoms with Crippen molar-refractivity contribution in [2.24, 2.45) is 5.73 Å². The maximum atomic E-state index is 5.40. The summed E-state index contributed by atoms with van der Waals surface area (Å²) in [6.07, 6.45) is 1.18. The summed E-state index contributed by atoms with van der Waals surface area (Å²) in [6.45, 7) is 16.4. The third-order valence-corrected chi connectivity index (χ3v) is 3.50. The Balaban J connectivity index is 3.02. The first-order valence-corrected chi connectivity index (χ1v) is 8.85. The summed E-state index contributed by atoms with van der Waals surface area (Å²) in [5, 5.41) is 10.0.